The Morgan fingerprint density at radius 2 is 2.08 bits per heavy atom. The van der Waals surface area contributed by atoms with Crippen LogP contribution in [0.1, 0.15) is 23.3 Å². The van der Waals surface area contributed by atoms with E-state index in [1.54, 1.807) is 30.3 Å². The van der Waals surface area contributed by atoms with Crippen molar-refractivity contribution < 1.29 is 9.72 Å². The zero-order valence-corrected chi connectivity index (χ0v) is 14.9. The maximum absolute atomic E-state index is 12.1. The summed E-state index contributed by atoms with van der Waals surface area (Å²) >= 11 is 7.32. The highest BCUT2D eigenvalue weighted by Gasteiger charge is 2.13. The number of hydrogen-bond donors (Lipinski definition) is 1. The second kappa shape index (κ2) is 8.17. The predicted octanol–water partition coefficient (Wildman–Crippen LogP) is 4.99. The van der Waals surface area contributed by atoms with Crippen LogP contribution in [0.2, 0.25) is 5.02 Å². The number of anilines is 1. The van der Waals surface area contributed by atoms with Crippen molar-refractivity contribution in [3.63, 3.8) is 0 Å². The van der Waals surface area contributed by atoms with Crippen molar-refractivity contribution in [1.29, 1.82) is 0 Å². The first-order chi connectivity index (χ1) is 11.4. The number of benzene rings is 2. The summed E-state index contributed by atoms with van der Waals surface area (Å²) in [7, 11) is 0. The van der Waals surface area contributed by atoms with Gasteiger partial charge in [-0.2, -0.15) is 0 Å². The molecular weight excluding hydrogens is 348 g/mol. The molecule has 0 aromatic heterocycles. The van der Waals surface area contributed by atoms with Gasteiger partial charge in [-0.1, -0.05) is 23.7 Å². The van der Waals surface area contributed by atoms with Gasteiger partial charge < -0.3 is 5.32 Å². The molecule has 7 heteroatoms. The SMILES string of the molecule is Cc1cc(Cl)ccc1NC(=O)CS[C@H](C)c1cccc([N+](=O)[O-])c1. The Hall–Kier alpha value is -2.05. The number of rotatable bonds is 6. The van der Waals surface area contributed by atoms with Crippen LogP contribution in [0.15, 0.2) is 42.5 Å². The van der Waals surface area contributed by atoms with Crippen LogP contribution in [-0.2, 0) is 4.79 Å². The fourth-order valence-corrected chi connectivity index (χ4v) is 3.18. The molecule has 1 atom stereocenters. The predicted molar refractivity (Wildman–Crippen MR) is 98.8 cm³/mol. The van der Waals surface area contributed by atoms with Gasteiger partial charge in [0.2, 0.25) is 5.91 Å². The van der Waals surface area contributed by atoms with Crippen LogP contribution in [-0.4, -0.2) is 16.6 Å². The number of halogens is 1. The average Bonchev–Trinajstić information content (AvgIpc) is 2.55. The van der Waals surface area contributed by atoms with E-state index in [1.807, 2.05) is 19.9 Å². The van der Waals surface area contributed by atoms with E-state index in [-0.39, 0.29) is 22.6 Å². The molecule has 1 N–H and O–H groups in total. The molecule has 24 heavy (non-hydrogen) atoms. The molecule has 0 aliphatic rings. The molecule has 1 amide bonds. The van der Waals surface area contributed by atoms with Crippen LogP contribution in [0.3, 0.4) is 0 Å². The normalized spacial score (nSPS) is 11.8. The summed E-state index contributed by atoms with van der Waals surface area (Å²) in [6.07, 6.45) is 0. The quantitative estimate of drug-likeness (QED) is 0.579. The van der Waals surface area contributed by atoms with E-state index < -0.39 is 4.92 Å². The zero-order chi connectivity index (χ0) is 17.7. The van der Waals surface area contributed by atoms with Gasteiger partial charge in [0.15, 0.2) is 0 Å². The van der Waals surface area contributed by atoms with E-state index in [0.29, 0.717) is 5.02 Å². The summed E-state index contributed by atoms with van der Waals surface area (Å²) in [5, 5.41) is 14.3. The molecule has 0 spiro atoms. The number of thioether (sulfide) groups is 1. The molecular formula is C17H17ClN2O3S. The lowest BCUT2D eigenvalue weighted by molar-refractivity contribution is -0.384. The van der Waals surface area contributed by atoms with Crippen molar-refractivity contribution in [3.8, 4) is 0 Å². The molecule has 0 saturated carbocycles. The summed E-state index contributed by atoms with van der Waals surface area (Å²) in [5.74, 6) is 0.133. The minimum absolute atomic E-state index is 0.0260. The highest BCUT2D eigenvalue weighted by Crippen LogP contribution is 2.30. The van der Waals surface area contributed by atoms with Crippen LogP contribution < -0.4 is 5.32 Å². The number of carbonyl (C=O) groups is 1. The second-order valence-corrected chi connectivity index (χ2v) is 7.08. The van der Waals surface area contributed by atoms with Crippen LogP contribution in [0.25, 0.3) is 0 Å². The first-order valence-corrected chi connectivity index (χ1v) is 8.71. The van der Waals surface area contributed by atoms with Crippen LogP contribution in [0.5, 0.6) is 0 Å². The molecule has 0 aliphatic heterocycles. The third-order valence-electron chi connectivity index (χ3n) is 3.48. The van der Waals surface area contributed by atoms with Crippen molar-refractivity contribution in [2.24, 2.45) is 0 Å². The average molecular weight is 365 g/mol. The maximum atomic E-state index is 12.1. The Morgan fingerprint density at radius 3 is 2.75 bits per heavy atom. The smallest absolute Gasteiger partial charge is 0.269 e. The number of amides is 1. The van der Waals surface area contributed by atoms with Crippen molar-refractivity contribution in [3.05, 3.63) is 68.7 Å². The van der Waals surface area contributed by atoms with Crippen LogP contribution in [0.4, 0.5) is 11.4 Å². The number of nitro groups is 1. The molecule has 2 aromatic carbocycles. The molecule has 2 rings (SSSR count). The number of aryl methyl sites for hydroxylation is 1. The van der Waals surface area contributed by atoms with Crippen LogP contribution >= 0.6 is 23.4 Å². The van der Waals surface area contributed by atoms with Gasteiger partial charge >= 0.3 is 0 Å². The van der Waals surface area contributed by atoms with Gasteiger partial charge in [-0.15, -0.1) is 11.8 Å². The highest BCUT2D eigenvalue weighted by atomic mass is 35.5. The number of non-ortho nitro benzene ring substituents is 1. The number of nitro benzene ring substituents is 1. The fraction of sp³-hybridized carbons (Fsp3) is 0.235. The molecule has 0 heterocycles. The van der Waals surface area contributed by atoms with E-state index in [1.165, 1.54) is 17.8 Å². The summed E-state index contributed by atoms with van der Waals surface area (Å²) < 4.78 is 0. The molecule has 0 aliphatic carbocycles. The van der Waals surface area contributed by atoms with Gasteiger partial charge in [-0.25, -0.2) is 0 Å². The van der Waals surface area contributed by atoms with Gasteiger partial charge in [0, 0.05) is 28.1 Å². The molecule has 0 fully saturated rings. The van der Waals surface area contributed by atoms with E-state index in [2.05, 4.69) is 5.32 Å². The standard InChI is InChI=1S/C17H17ClN2O3S/c1-11-8-14(18)6-7-16(11)19-17(21)10-24-12(2)13-4-3-5-15(9-13)20(22)23/h3-9,12H,10H2,1-2H3,(H,19,21)/t12-/m1/s1. The van der Waals surface area contributed by atoms with E-state index in [4.69, 9.17) is 11.6 Å². The number of nitrogens with zero attached hydrogens (tertiary/aromatic N) is 1. The molecule has 0 saturated heterocycles. The van der Waals surface area contributed by atoms with E-state index in [9.17, 15) is 14.9 Å². The fourth-order valence-electron chi connectivity index (χ4n) is 2.14. The largest absolute Gasteiger partial charge is 0.325 e. The monoisotopic (exact) mass is 364 g/mol. The number of nitrogens with one attached hydrogen (secondary N) is 1. The lowest BCUT2D eigenvalue weighted by Crippen LogP contribution is -2.15. The molecule has 2 aromatic rings. The minimum Gasteiger partial charge on any atom is -0.325 e. The Morgan fingerprint density at radius 1 is 1.33 bits per heavy atom. The number of hydrogen-bond acceptors (Lipinski definition) is 4. The zero-order valence-electron chi connectivity index (χ0n) is 13.3. The lowest BCUT2D eigenvalue weighted by atomic mass is 10.1. The minimum atomic E-state index is -0.420. The Bertz CT molecular complexity index is 767. The van der Waals surface area contributed by atoms with Gasteiger partial charge in [-0.3, -0.25) is 14.9 Å². The second-order valence-electron chi connectivity index (χ2n) is 5.31. The summed E-state index contributed by atoms with van der Waals surface area (Å²) in [5.41, 5.74) is 2.51. The third kappa shape index (κ3) is 4.97. The van der Waals surface area contributed by atoms with Gasteiger partial charge in [0.05, 0.1) is 10.7 Å². The van der Waals surface area contributed by atoms with E-state index >= 15 is 0 Å². The van der Waals surface area contributed by atoms with Gasteiger partial charge in [-0.05, 0) is 43.2 Å². The van der Waals surface area contributed by atoms with Crippen LogP contribution in [0, 0.1) is 17.0 Å². The Labute approximate surface area is 149 Å². The lowest BCUT2D eigenvalue weighted by Gasteiger charge is -2.12. The Balaban J connectivity index is 1.93. The topological polar surface area (TPSA) is 72.2 Å². The molecule has 5 nitrogen and oxygen atoms in total. The van der Waals surface area contributed by atoms with Crippen molar-refractivity contribution in [2.45, 2.75) is 19.1 Å². The summed E-state index contributed by atoms with van der Waals surface area (Å²) in [4.78, 5) is 22.5. The molecule has 0 bridgehead atoms. The highest BCUT2D eigenvalue weighted by molar-refractivity contribution is 8.00. The first-order valence-electron chi connectivity index (χ1n) is 7.29. The molecule has 0 radical (unpaired) electrons. The first kappa shape index (κ1) is 18.3. The van der Waals surface area contributed by atoms with Crippen molar-refractivity contribution >= 4 is 40.6 Å². The maximum Gasteiger partial charge on any atom is 0.269 e. The summed E-state index contributed by atoms with van der Waals surface area (Å²) in [6.45, 7) is 3.80. The van der Waals surface area contributed by atoms with Gasteiger partial charge in [0.25, 0.3) is 5.69 Å². The molecule has 126 valence electrons. The third-order valence-corrected chi connectivity index (χ3v) is 4.91. The van der Waals surface area contributed by atoms with Crippen molar-refractivity contribution in [1.82, 2.24) is 0 Å². The summed E-state index contributed by atoms with van der Waals surface area (Å²) in [6, 6.07) is 11.8. The van der Waals surface area contributed by atoms with Crippen molar-refractivity contribution in [2.75, 3.05) is 11.1 Å². The van der Waals surface area contributed by atoms with Gasteiger partial charge in [0.1, 0.15) is 0 Å². The Kier molecular flexibility index (Phi) is 6.23. The number of carbonyl (C=O) groups excluding carboxylic acids is 1. The van der Waals surface area contributed by atoms with E-state index in [0.717, 1.165) is 16.8 Å². The molecule has 0 unspecified atom stereocenters.